The number of benzene rings is 1. The fraction of sp³-hybridized carbons (Fsp3) is 0.400. The van der Waals surface area contributed by atoms with Gasteiger partial charge in [-0.15, -0.1) is 30.4 Å². The fourth-order valence-electron chi connectivity index (χ4n) is 1.67. The van der Waals surface area contributed by atoms with Crippen molar-refractivity contribution in [2.24, 2.45) is 4.99 Å². The van der Waals surface area contributed by atoms with Gasteiger partial charge in [0, 0.05) is 16.8 Å². The standard InChI is InChI=1S/C15H20ClN3S.HI/c1-4-9-18-15(17-5-2)19-11-14(20-3)12-7-6-8-13(16)10-12;/h1,6-8,10,14H,5,9,11H2,2-3H3,(H2,17,18,19);1H. The molecule has 0 aliphatic rings. The van der Waals surface area contributed by atoms with Crippen LogP contribution in [0.15, 0.2) is 29.3 Å². The minimum absolute atomic E-state index is 0. The SMILES string of the molecule is C#CCNC(=NCC(SC)c1cccc(Cl)c1)NCC.I. The smallest absolute Gasteiger partial charge is 0.192 e. The number of thioether (sulfide) groups is 1. The van der Waals surface area contributed by atoms with E-state index in [1.807, 2.05) is 25.1 Å². The van der Waals surface area contributed by atoms with E-state index in [9.17, 15) is 0 Å². The Bertz CT molecular complexity index is 488. The van der Waals surface area contributed by atoms with Gasteiger partial charge >= 0.3 is 0 Å². The van der Waals surface area contributed by atoms with Crippen LogP contribution in [-0.4, -0.2) is 31.8 Å². The maximum Gasteiger partial charge on any atom is 0.192 e. The van der Waals surface area contributed by atoms with Crippen molar-refractivity contribution in [3.8, 4) is 12.3 Å². The summed E-state index contributed by atoms with van der Waals surface area (Å²) in [5.41, 5.74) is 1.18. The summed E-state index contributed by atoms with van der Waals surface area (Å²) in [5, 5.41) is 7.27. The normalized spacial score (nSPS) is 12.0. The van der Waals surface area contributed by atoms with Crippen molar-refractivity contribution in [3.63, 3.8) is 0 Å². The van der Waals surface area contributed by atoms with Gasteiger partial charge in [0.15, 0.2) is 5.96 Å². The van der Waals surface area contributed by atoms with Crippen LogP contribution < -0.4 is 10.6 Å². The highest BCUT2D eigenvalue weighted by Gasteiger charge is 2.10. The third-order valence-electron chi connectivity index (χ3n) is 2.62. The van der Waals surface area contributed by atoms with E-state index in [4.69, 9.17) is 18.0 Å². The Morgan fingerprint density at radius 1 is 1.48 bits per heavy atom. The van der Waals surface area contributed by atoms with Crippen molar-refractivity contribution in [2.45, 2.75) is 12.2 Å². The van der Waals surface area contributed by atoms with Crippen molar-refractivity contribution in [1.29, 1.82) is 0 Å². The van der Waals surface area contributed by atoms with Crippen LogP contribution >= 0.6 is 47.3 Å². The van der Waals surface area contributed by atoms with E-state index < -0.39 is 0 Å². The molecule has 1 rings (SSSR count). The molecule has 21 heavy (non-hydrogen) atoms. The average molecular weight is 438 g/mol. The zero-order chi connectivity index (χ0) is 14.8. The van der Waals surface area contributed by atoms with Gasteiger partial charge in [-0.25, -0.2) is 0 Å². The molecule has 1 atom stereocenters. The number of hydrogen-bond donors (Lipinski definition) is 2. The van der Waals surface area contributed by atoms with Gasteiger partial charge in [0.25, 0.3) is 0 Å². The maximum atomic E-state index is 6.03. The summed E-state index contributed by atoms with van der Waals surface area (Å²) >= 11 is 7.79. The number of nitrogens with one attached hydrogen (secondary N) is 2. The summed E-state index contributed by atoms with van der Waals surface area (Å²) in [6.07, 6.45) is 7.32. The summed E-state index contributed by atoms with van der Waals surface area (Å²) in [5.74, 6) is 3.28. The Morgan fingerprint density at radius 3 is 2.81 bits per heavy atom. The molecule has 0 saturated heterocycles. The zero-order valence-corrected chi connectivity index (χ0v) is 16.1. The van der Waals surface area contributed by atoms with Crippen LogP contribution in [0.3, 0.4) is 0 Å². The Labute approximate surface area is 153 Å². The van der Waals surface area contributed by atoms with Crippen LogP contribution in [0.4, 0.5) is 0 Å². The average Bonchev–Trinajstić information content (AvgIpc) is 2.45. The molecule has 2 N–H and O–H groups in total. The van der Waals surface area contributed by atoms with E-state index in [1.54, 1.807) is 11.8 Å². The topological polar surface area (TPSA) is 36.4 Å². The van der Waals surface area contributed by atoms with Crippen LogP contribution in [-0.2, 0) is 0 Å². The van der Waals surface area contributed by atoms with E-state index in [0.717, 1.165) is 17.5 Å². The molecule has 6 heteroatoms. The molecule has 0 saturated carbocycles. The zero-order valence-electron chi connectivity index (χ0n) is 12.2. The molecule has 0 aromatic heterocycles. The van der Waals surface area contributed by atoms with Gasteiger partial charge in [-0.2, -0.15) is 11.8 Å². The predicted molar refractivity (Wildman–Crippen MR) is 106 cm³/mol. The Balaban J connectivity index is 0.00000400. The summed E-state index contributed by atoms with van der Waals surface area (Å²) < 4.78 is 0. The van der Waals surface area contributed by atoms with Gasteiger partial charge in [-0.3, -0.25) is 4.99 Å². The first-order valence-corrected chi connectivity index (χ1v) is 8.11. The van der Waals surface area contributed by atoms with Gasteiger partial charge in [0.05, 0.1) is 13.1 Å². The Hall–Kier alpha value is -0.580. The molecule has 0 aliphatic carbocycles. The second-order valence-electron chi connectivity index (χ2n) is 4.06. The number of hydrogen-bond acceptors (Lipinski definition) is 2. The van der Waals surface area contributed by atoms with Crippen LogP contribution in [0, 0.1) is 12.3 Å². The van der Waals surface area contributed by atoms with Crippen LogP contribution in [0.25, 0.3) is 0 Å². The molecule has 0 aliphatic heterocycles. The fourth-order valence-corrected chi connectivity index (χ4v) is 2.51. The molecule has 116 valence electrons. The summed E-state index contributed by atoms with van der Waals surface area (Å²) in [6.45, 7) is 3.96. The number of aliphatic imine (C=N–C) groups is 1. The third-order valence-corrected chi connectivity index (χ3v) is 3.85. The number of guanidine groups is 1. The lowest BCUT2D eigenvalue weighted by atomic mass is 10.1. The molecule has 0 bridgehead atoms. The van der Waals surface area contributed by atoms with Gasteiger partial charge < -0.3 is 10.6 Å². The van der Waals surface area contributed by atoms with Gasteiger partial charge in [0.2, 0.25) is 0 Å². The molecule has 1 aromatic rings. The molecule has 1 unspecified atom stereocenters. The van der Waals surface area contributed by atoms with Crippen molar-refractivity contribution in [3.05, 3.63) is 34.9 Å². The monoisotopic (exact) mass is 437 g/mol. The van der Waals surface area contributed by atoms with Gasteiger partial charge in [0.1, 0.15) is 0 Å². The van der Waals surface area contributed by atoms with Crippen molar-refractivity contribution in [2.75, 3.05) is 25.9 Å². The van der Waals surface area contributed by atoms with E-state index in [1.165, 1.54) is 5.56 Å². The Kier molecular flexibility index (Phi) is 11.7. The summed E-state index contributed by atoms with van der Waals surface area (Å²) in [4.78, 5) is 4.56. The van der Waals surface area contributed by atoms with Crippen LogP contribution in [0.1, 0.15) is 17.7 Å². The largest absolute Gasteiger partial charge is 0.357 e. The lowest BCUT2D eigenvalue weighted by Gasteiger charge is -2.15. The maximum absolute atomic E-state index is 6.03. The first-order chi connectivity index (χ1) is 9.71. The second kappa shape index (κ2) is 12.0. The van der Waals surface area contributed by atoms with E-state index >= 15 is 0 Å². The van der Waals surface area contributed by atoms with E-state index in [0.29, 0.717) is 13.1 Å². The highest BCUT2D eigenvalue weighted by Crippen LogP contribution is 2.28. The first kappa shape index (κ1) is 20.4. The molecule has 0 fully saturated rings. The second-order valence-corrected chi connectivity index (χ2v) is 5.53. The minimum Gasteiger partial charge on any atom is -0.357 e. The number of nitrogens with zero attached hydrogens (tertiary/aromatic N) is 1. The first-order valence-electron chi connectivity index (χ1n) is 6.45. The minimum atomic E-state index is 0. The molecule has 3 nitrogen and oxygen atoms in total. The molecule has 1 aromatic carbocycles. The highest BCUT2D eigenvalue weighted by atomic mass is 127. The molecular weight excluding hydrogens is 417 g/mol. The Morgan fingerprint density at radius 2 is 2.24 bits per heavy atom. The lowest BCUT2D eigenvalue weighted by molar-refractivity contribution is 0.850. The predicted octanol–water partition coefficient (Wildman–Crippen LogP) is 3.55. The highest BCUT2D eigenvalue weighted by molar-refractivity contribution is 14.0. The molecule has 0 spiro atoms. The van der Waals surface area contributed by atoms with Gasteiger partial charge in [-0.05, 0) is 30.9 Å². The van der Waals surface area contributed by atoms with Crippen molar-refractivity contribution < 1.29 is 0 Å². The van der Waals surface area contributed by atoms with Crippen LogP contribution in [0.2, 0.25) is 5.02 Å². The quantitative estimate of drug-likeness (QED) is 0.309. The molecular formula is C15H21ClIN3S. The third kappa shape index (κ3) is 7.84. The number of halogens is 2. The van der Waals surface area contributed by atoms with Crippen LogP contribution in [0.5, 0.6) is 0 Å². The molecule has 0 heterocycles. The van der Waals surface area contributed by atoms with Crippen molar-refractivity contribution >= 4 is 53.3 Å². The van der Waals surface area contributed by atoms with Gasteiger partial charge in [-0.1, -0.05) is 29.7 Å². The lowest BCUT2D eigenvalue weighted by Crippen LogP contribution is -2.37. The molecule has 0 amide bonds. The van der Waals surface area contributed by atoms with E-state index in [-0.39, 0.29) is 29.2 Å². The summed E-state index contributed by atoms with van der Waals surface area (Å²) in [7, 11) is 0. The number of rotatable bonds is 6. The van der Waals surface area contributed by atoms with Crippen molar-refractivity contribution in [1.82, 2.24) is 10.6 Å². The number of terminal acetylenes is 1. The van der Waals surface area contributed by atoms with E-state index in [2.05, 4.69) is 33.9 Å². The summed E-state index contributed by atoms with van der Waals surface area (Å²) in [6, 6.07) is 7.90. The molecule has 0 radical (unpaired) electrons.